The zero-order valence-corrected chi connectivity index (χ0v) is 17.8. The molecule has 0 bridgehead atoms. The molecule has 0 saturated carbocycles. The topological polar surface area (TPSA) is 72.9 Å². The first-order valence-corrected chi connectivity index (χ1v) is 10.3. The highest BCUT2D eigenvalue weighted by atomic mass is 16.5. The lowest BCUT2D eigenvalue weighted by Crippen LogP contribution is -2.24. The van der Waals surface area contributed by atoms with Crippen molar-refractivity contribution in [3.8, 4) is 22.7 Å². The highest BCUT2D eigenvalue weighted by molar-refractivity contribution is 6.01. The average Bonchev–Trinajstić information content (AvgIpc) is 3.58. The van der Waals surface area contributed by atoms with Gasteiger partial charge in [-0.1, -0.05) is 30.3 Å². The first-order chi connectivity index (χ1) is 15.7. The summed E-state index contributed by atoms with van der Waals surface area (Å²) in [5.41, 5.74) is 4.15. The third-order valence-corrected chi connectivity index (χ3v) is 5.52. The van der Waals surface area contributed by atoms with Crippen molar-refractivity contribution in [2.75, 3.05) is 7.11 Å². The van der Waals surface area contributed by atoms with Crippen molar-refractivity contribution in [3.63, 3.8) is 0 Å². The molecule has 2 aromatic carbocycles. The van der Waals surface area contributed by atoms with Crippen LogP contribution in [0.5, 0.6) is 5.75 Å². The maximum atomic E-state index is 12.5. The Morgan fingerprint density at radius 1 is 1.06 bits per heavy atom. The van der Waals surface area contributed by atoms with E-state index < -0.39 is 0 Å². The molecule has 1 amide bonds. The van der Waals surface area contributed by atoms with Gasteiger partial charge in [-0.3, -0.25) is 4.79 Å². The Morgan fingerprint density at radius 2 is 1.84 bits per heavy atom. The smallest absolute Gasteiger partial charge is 0.240 e. The molecule has 1 aliphatic rings. The van der Waals surface area contributed by atoms with Crippen molar-refractivity contribution in [1.29, 1.82) is 0 Å². The van der Waals surface area contributed by atoms with Crippen LogP contribution in [0, 0.1) is 0 Å². The van der Waals surface area contributed by atoms with E-state index in [1.807, 2.05) is 77.6 Å². The van der Waals surface area contributed by atoms with E-state index in [1.165, 1.54) is 11.9 Å². The van der Waals surface area contributed by atoms with Gasteiger partial charge in [0.2, 0.25) is 5.91 Å². The minimum atomic E-state index is -0.315. The minimum absolute atomic E-state index is 0.144. The Labute approximate surface area is 185 Å². The van der Waals surface area contributed by atoms with Crippen molar-refractivity contribution < 1.29 is 13.9 Å². The first-order valence-electron chi connectivity index (χ1n) is 10.3. The molecule has 1 atom stereocenters. The number of nitrogens with zero attached hydrogens (tertiary/aromatic N) is 4. The van der Waals surface area contributed by atoms with Crippen LogP contribution in [0.1, 0.15) is 30.7 Å². The standard InChI is InChI=1S/C25H22N4O3/c1-17(30)29-22(15-21(26-29)24-13-8-14-32-24)20-16-28(18-9-4-3-5-10-18)27-25(20)19-11-6-7-12-23(19)31-2/h3-14,16,22H,15H2,1-2H3/t22-/m1/s1. The lowest BCUT2D eigenvalue weighted by atomic mass is 9.97. The predicted octanol–water partition coefficient (Wildman–Crippen LogP) is 4.84. The molecule has 1 aliphatic heterocycles. The third-order valence-electron chi connectivity index (χ3n) is 5.52. The fourth-order valence-electron chi connectivity index (χ4n) is 4.03. The van der Waals surface area contributed by atoms with Crippen LogP contribution in [0.2, 0.25) is 0 Å². The number of carbonyl (C=O) groups excluding carboxylic acids is 1. The van der Waals surface area contributed by atoms with Gasteiger partial charge in [-0.2, -0.15) is 10.2 Å². The lowest BCUT2D eigenvalue weighted by Gasteiger charge is -2.20. The highest BCUT2D eigenvalue weighted by Gasteiger charge is 2.36. The number of furan rings is 1. The van der Waals surface area contributed by atoms with Crippen molar-refractivity contribution in [1.82, 2.24) is 14.8 Å². The zero-order valence-electron chi connectivity index (χ0n) is 17.8. The molecule has 7 nitrogen and oxygen atoms in total. The molecule has 2 aromatic heterocycles. The van der Waals surface area contributed by atoms with E-state index in [4.69, 9.17) is 14.3 Å². The maximum Gasteiger partial charge on any atom is 0.240 e. The van der Waals surface area contributed by atoms with E-state index in [0.29, 0.717) is 17.9 Å². The van der Waals surface area contributed by atoms with Crippen LogP contribution in [-0.4, -0.2) is 33.5 Å². The fourth-order valence-corrected chi connectivity index (χ4v) is 4.03. The molecule has 0 aliphatic carbocycles. The fraction of sp³-hybridized carbons (Fsp3) is 0.160. The van der Waals surface area contributed by atoms with E-state index in [2.05, 4.69) is 5.10 Å². The molecule has 0 spiro atoms. The van der Waals surface area contributed by atoms with Crippen LogP contribution in [0.25, 0.3) is 16.9 Å². The van der Waals surface area contributed by atoms with Crippen LogP contribution in [0.15, 0.2) is 88.7 Å². The predicted molar refractivity (Wildman–Crippen MR) is 121 cm³/mol. The van der Waals surface area contributed by atoms with Crippen molar-refractivity contribution >= 4 is 11.6 Å². The van der Waals surface area contributed by atoms with Gasteiger partial charge in [0, 0.05) is 30.7 Å². The van der Waals surface area contributed by atoms with E-state index in [9.17, 15) is 4.79 Å². The van der Waals surface area contributed by atoms with Crippen molar-refractivity contribution in [2.45, 2.75) is 19.4 Å². The molecule has 0 N–H and O–H groups in total. The molecule has 5 rings (SSSR count). The molecule has 0 saturated heterocycles. The Bertz CT molecular complexity index is 1280. The first kappa shape index (κ1) is 19.8. The molecule has 160 valence electrons. The summed E-state index contributed by atoms with van der Waals surface area (Å²) in [5, 5.41) is 11.0. The number of aromatic nitrogens is 2. The van der Waals surface area contributed by atoms with Gasteiger partial charge in [0.25, 0.3) is 0 Å². The Hall–Kier alpha value is -4.13. The monoisotopic (exact) mass is 426 g/mol. The van der Waals surface area contributed by atoms with Crippen LogP contribution in [0.3, 0.4) is 0 Å². The summed E-state index contributed by atoms with van der Waals surface area (Å²) in [6, 6.07) is 21.0. The minimum Gasteiger partial charge on any atom is -0.496 e. The van der Waals surface area contributed by atoms with Gasteiger partial charge >= 0.3 is 0 Å². The quantitative estimate of drug-likeness (QED) is 0.458. The number of carbonyl (C=O) groups is 1. The molecule has 0 fully saturated rings. The van der Waals surface area contributed by atoms with Gasteiger partial charge in [0.15, 0.2) is 0 Å². The lowest BCUT2D eigenvalue weighted by molar-refractivity contribution is -0.130. The van der Waals surface area contributed by atoms with Crippen LogP contribution < -0.4 is 4.74 Å². The number of para-hydroxylation sites is 2. The second kappa shape index (κ2) is 8.19. The summed E-state index contributed by atoms with van der Waals surface area (Å²) in [5.74, 6) is 1.23. The normalized spacial score (nSPS) is 15.6. The highest BCUT2D eigenvalue weighted by Crippen LogP contribution is 2.40. The second-order valence-corrected chi connectivity index (χ2v) is 7.52. The van der Waals surface area contributed by atoms with Gasteiger partial charge in [0.05, 0.1) is 25.1 Å². The van der Waals surface area contributed by atoms with Gasteiger partial charge in [-0.15, -0.1) is 0 Å². The van der Waals surface area contributed by atoms with Crippen LogP contribution in [0.4, 0.5) is 0 Å². The third kappa shape index (κ3) is 3.47. The number of hydrogen-bond acceptors (Lipinski definition) is 5. The largest absolute Gasteiger partial charge is 0.496 e. The molecule has 32 heavy (non-hydrogen) atoms. The summed E-state index contributed by atoms with van der Waals surface area (Å²) in [4.78, 5) is 12.5. The number of amides is 1. The molecule has 0 unspecified atom stereocenters. The number of rotatable bonds is 5. The van der Waals surface area contributed by atoms with Crippen LogP contribution in [-0.2, 0) is 4.79 Å². The number of hydrazone groups is 1. The Kier molecular flexibility index (Phi) is 5.07. The molecule has 7 heteroatoms. The SMILES string of the molecule is COc1ccccc1-c1nn(-c2ccccc2)cc1[C@H]1CC(c2ccco2)=NN1C(C)=O. The summed E-state index contributed by atoms with van der Waals surface area (Å²) in [7, 11) is 1.64. The van der Waals surface area contributed by atoms with Crippen LogP contribution >= 0.6 is 0 Å². The number of benzene rings is 2. The Morgan fingerprint density at radius 3 is 2.56 bits per heavy atom. The summed E-state index contributed by atoms with van der Waals surface area (Å²) < 4.78 is 13.0. The van der Waals surface area contributed by atoms with Gasteiger partial charge in [0.1, 0.15) is 22.9 Å². The summed E-state index contributed by atoms with van der Waals surface area (Å²) >= 11 is 0. The van der Waals surface area contributed by atoms with E-state index in [-0.39, 0.29) is 11.9 Å². The second-order valence-electron chi connectivity index (χ2n) is 7.52. The maximum absolute atomic E-state index is 12.5. The zero-order chi connectivity index (χ0) is 22.1. The molecule has 3 heterocycles. The molecular formula is C25H22N4O3. The molecule has 0 radical (unpaired) electrons. The van der Waals surface area contributed by atoms with E-state index in [0.717, 1.165) is 28.2 Å². The summed E-state index contributed by atoms with van der Waals surface area (Å²) in [6.45, 7) is 1.52. The Balaban J connectivity index is 1.66. The number of ether oxygens (including phenoxy) is 1. The molecular weight excluding hydrogens is 404 g/mol. The molecule has 4 aromatic rings. The summed E-state index contributed by atoms with van der Waals surface area (Å²) in [6.07, 6.45) is 4.10. The van der Waals surface area contributed by atoms with Gasteiger partial charge < -0.3 is 9.15 Å². The van der Waals surface area contributed by atoms with Crippen molar-refractivity contribution in [3.05, 3.63) is 90.5 Å². The number of methoxy groups -OCH3 is 1. The van der Waals surface area contributed by atoms with Gasteiger partial charge in [-0.05, 0) is 36.4 Å². The van der Waals surface area contributed by atoms with Gasteiger partial charge in [-0.25, -0.2) is 9.69 Å². The number of hydrogen-bond donors (Lipinski definition) is 0. The van der Waals surface area contributed by atoms with E-state index in [1.54, 1.807) is 13.4 Å². The average molecular weight is 426 g/mol. The van der Waals surface area contributed by atoms with E-state index >= 15 is 0 Å². The van der Waals surface area contributed by atoms with Crippen molar-refractivity contribution in [2.24, 2.45) is 5.10 Å².